The normalized spacial score (nSPS) is 12.1. The molecule has 1 aromatic carbocycles. The van der Waals surface area contributed by atoms with E-state index in [0.29, 0.717) is 18.1 Å². The first kappa shape index (κ1) is 16.3. The number of carbonyl (C=O) groups is 1. The Hall–Kier alpha value is -2.60. The highest BCUT2D eigenvalue weighted by Crippen LogP contribution is 2.13. The van der Waals surface area contributed by atoms with Crippen molar-refractivity contribution in [2.24, 2.45) is 0 Å². The zero-order chi connectivity index (χ0) is 16.9. The Balaban J connectivity index is 1.65. The lowest BCUT2D eigenvalue weighted by atomic mass is 10.1. The highest BCUT2D eigenvalue weighted by Gasteiger charge is 2.16. The minimum Gasteiger partial charge on any atom is -0.350 e. The maximum absolute atomic E-state index is 12.3. The highest BCUT2D eigenvalue weighted by atomic mass is 35.5. The first-order valence-electron chi connectivity index (χ1n) is 7.65. The van der Waals surface area contributed by atoms with Crippen molar-refractivity contribution in [2.45, 2.75) is 26.1 Å². The second kappa shape index (κ2) is 7.31. The van der Waals surface area contributed by atoms with E-state index in [1.807, 2.05) is 41.2 Å². The Morgan fingerprint density at radius 2 is 2.04 bits per heavy atom. The summed E-state index contributed by atoms with van der Waals surface area (Å²) in [4.78, 5) is 12.3. The Kier molecular flexibility index (Phi) is 4.96. The molecular weight excluding hydrogens is 326 g/mol. The molecule has 1 atom stereocenters. The van der Waals surface area contributed by atoms with Crippen LogP contribution in [0.2, 0.25) is 5.02 Å². The molecule has 3 rings (SSSR count). The Morgan fingerprint density at radius 3 is 2.71 bits per heavy atom. The van der Waals surface area contributed by atoms with Gasteiger partial charge in [0.2, 0.25) is 5.91 Å². The van der Waals surface area contributed by atoms with Crippen molar-refractivity contribution in [2.75, 3.05) is 0 Å². The van der Waals surface area contributed by atoms with Crippen molar-refractivity contribution in [3.63, 3.8) is 0 Å². The van der Waals surface area contributed by atoms with E-state index in [0.717, 1.165) is 11.1 Å². The van der Waals surface area contributed by atoms with Gasteiger partial charge in [-0.1, -0.05) is 35.9 Å². The van der Waals surface area contributed by atoms with Gasteiger partial charge in [-0.05, 0) is 24.1 Å². The number of hydrogen-bond donors (Lipinski definition) is 1. The Morgan fingerprint density at radius 1 is 1.25 bits per heavy atom. The van der Waals surface area contributed by atoms with Gasteiger partial charge in [0.05, 0.1) is 17.8 Å². The molecule has 0 spiro atoms. The van der Waals surface area contributed by atoms with Crippen molar-refractivity contribution >= 4 is 17.5 Å². The van der Waals surface area contributed by atoms with Crippen LogP contribution in [0.4, 0.5) is 0 Å². The summed E-state index contributed by atoms with van der Waals surface area (Å²) in [6.07, 6.45) is 6.82. The van der Waals surface area contributed by atoms with Crippen LogP contribution in [0.15, 0.2) is 55.1 Å². The summed E-state index contributed by atoms with van der Waals surface area (Å²) in [5, 5.41) is 11.8. The number of nitrogens with zero attached hydrogens (tertiary/aromatic N) is 4. The summed E-state index contributed by atoms with van der Waals surface area (Å²) in [6, 6.07) is 9.47. The van der Waals surface area contributed by atoms with E-state index in [1.165, 1.54) is 6.20 Å². The van der Waals surface area contributed by atoms with Gasteiger partial charge in [-0.2, -0.15) is 10.2 Å². The lowest BCUT2D eigenvalue weighted by molar-refractivity contribution is -0.124. The van der Waals surface area contributed by atoms with Gasteiger partial charge in [0.15, 0.2) is 0 Å². The largest absolute Gasteiger partial charge is 0.350 e. The molecule has 0 aliphatic rings. The Bertz CT molecular complexity index is 812. The Labute approximate surface area is 145 Å². The second-order valence-electron chi connectivity index (χ2n) is 5.50. The molecule has 7 heteroatoms. The molecular formula is C17H18ClN5O. The summed E-state index contributed by atoms with van der Waals surface area (Å²) < 4.78 is 3.41. The summed E-state index contributed by atoms with van der Waals surface area (Å²) >= 11 is 5.85. The molecule has 124 valence electrons. The van der Waals surface area contributed by atoms with E-state index in [-0.39, 0.29) is 5.91 Å². The predicted molar refractivity (Wildman–Crippen MR) is 91.6 cm³/mol. The van der Waals surface area contributed by atoms with Gasteiger partial charge in [-0.25, -0.2) is 0 Å². The third-order valence-electron chi connectivity index (χ3n) is 3.81. The minimum absolute atomic E-state index is 0.108. The van der Waals surface area contributed by atoms with Gasteiger partial charge >= 0.3 is 0 Å². The third kappa shape index (κ3) is 3.83. The molecule has 0 aliphatic carbocycles. The molecule has 0 saturated carbocycles. The van der Waals surface area contributed by atoms with Gasteiger partial charge in [0, 0.05) is 25.1 Å². The standard InChI is InChI=1S/C17H18ClN5O/c1-13(23-12-16(18)10-21-23)17(24)19-9-14-5-2-3-6-15(14)11-22-8-4-7-20-22/h2-8,10,12-13H,9,11H2,1H3,(H,19,24)/t13-/m1/s1. The number of halogens is 1. The fraction of sp³-hybridized carbons (Fsp3) is 0.235. The quantitative estimate of drug-likeness (QED) is 0.748. The van der Waals surface area contributed by atoms with Crippen molar-refractivity contribution in [1.82, 2.24) is 24.9 Å². The van der Waals surface area contributed by atoms with Crippen molar-refractivity contribution in [3.05, 3.63) is 71.3 Å². The van der Waals surface area contributed by atoms with Crippen molar-refractivity contribution < 1.29 is 4.79 Å². The van der Waals surface area contributed by atoms with Gasteiger partial charge in [0.1, 0.15) is 6.04 Å². The van der Waals surface area contributed by atoms with Crippen LogP contribution in [0.5, 0.6) is 0 Å². The van der Waals surface area contributed by atoms with Crippen LogP contribution in [0.25, 0.3) is 0 Å². The molecule has 1 amide bonds. The van der Waals surface area contributed by atoms with E-state index >= 15 is 0 Å². The van der Waals surface area contributed by atoms with Crippen LogP contribution >= 0.6 is 11.6 Å². The number of aromatic nitrogens is 4. The van der Waals surface area contributed by atoms with E-state index in [2.05, 4.69) is 15.5 Å². The molecule has 2 heterocycles. The zero-order valence-electron chi connectivity index (χ0n) is 13.3. The molecule has 0 bridgehead atoms. The van der Waals surface area contributed by atoms with Crippen LogP contribution in [-0.2, 0) is 17.9 Å². The molecule has 0 saturated heterocycles. The molecule has 6 nitrogen and oxygen atoms in total. The van der Waals surface area contributed by atoms with Crippen LogP contribution in [0.3, 0.4) is 0 Å². The number of nitrogens with one attached hydrogen (secondary N) is 1. The molecule has 3 aromatic rings. The molecule has 1 N–H and O–H groups in total. The number of amides is 1. The average Bonchev–Trinajstić information content (AvgIpc) is 3.24. The molecule has 0 unspecified atom stereocenters. The van der Waals surface area contributed by atoms with E-state index in [9.17, 15) is 4.79 Å². The zero-order valence-corrected chi connectivity index (χ0v) is 14.0. The summed E-state index contributed by atoms with van der Waals surface area (Å²) in [5.41, 5.74) is 2.18. The van der Waals surface area contributed by atoms with E-state index < -0.39 is 6.04 Å². The maximum Gasteiger partial charge on any atom is 0.244 e. The summed E-state index contributed by atoms with van der Waals surface area (Å²) in [7, 11) is 0. The molecule has 24 heavy (non-hydrogen) atoms. The van der Waals surface area contributed by atoms with Gasteiger partial charge < -0.3 is 5.32 Å². The van der Waals surface area contributed by atoms with Gasteiger partial charge in [-0.3, -0.25) is 14.2 Å². The second-order valence-corrected chi connectivity index (χ2v) is 5.94. The average molecular weight is 344 g/mol. The maximum atomic E-state index is 12.3. The van der Waals surface area contributed by atoms with Crippen LogP contribution in [0.1, 0.15) is 24.1 Å². The van der Waals surface area contributed by atoms with Crippen LogP contribution in [0, 0.1) is 0 Å². The highest BCUT2D eigenvalue weighted by molar-refractivity contribution is 6.30. The number of benzene rings is 1. The van der Waals surface area contributed by atoms with Crippen LogP contribution < -0.4 is 5.32 Å². The predicted octanol–water partition coefficient (Wildman–Crippen LogP) is 2.66. The number of rotatable bonds is 6. The first-order valence-corrected chi connectivity index (χ1v) is 8.03. The molecule has 0 aliphatic heterocycles. The topological polar surface area (TPSA) is 64.7 Å². The fourth-order valence-electron chi connectivity index (χ4n) is 2.43. The van der Waals surface area contributed by atoms with Gasteiger partial charge in [-0.15, -0.1) is 0 Å². The summed E-state index contributed by atoms with van der Waals surface area (Å²) in [5.74, 6) is -0.108. The number of carbonyl (C=O) groups excluding carboxylic acids is 1. The smallest absolute Gasteiger partial charge is 0.244 e. The van der Waals surface area contributed by atoms with E-state index in [1.54, 1.807) is 24.0 Å². The van der Waals surface area contributed by atoms with E-state index in [4.69, 9.17) is 11.6 Å². The lowest BCUT2D eigenvalue weighted by Gasteiger charge is -2.14. The third-order valence-corrected chi connectivity index (χ3v) is 4.00. The van der Waals surface area contributed by atoms with Crippen molar-refractivity contribution in [1.29, 1.82) is 0 Å². The number of hydrogen-bond acceptors (Lipinski definition) is 3. The molecule has 0 fully saturated rings. The van der Waals surface area contributed by atoms with Gasteiger partial charge in [0.25, 0.3) is 0 Å². The lowest BCUT2D eigenvalue weighted by Crippen LogP contribution is -2.31. The molecule has 0 radical (unpaired) electrons. The first-order chi connectivity index (χ1) is 11.6. The fourth-order valence-corrected chi connectivity index (χ4v) is 2.57. The molecule has 2 aromatic heterocycles. The van der Waals surface area contributed by atoms with Crippen molar-refractivity contribution in [3.8, 4) is 0 Å². The monoisotopic (exact) mass is 343 g/mol. The summed E-state index contributed by atoms with van der Waals surface area (Å²) in [6.45, 7) is 2.91. The van der Waals surface area contributed by atoms with Crippen LogP contribution in [-0.4, -0.2) is 25.5 Å². The SMILES string of the molecule is C[C@H](C(=O)NCc1ccccc1Cn1cccn1)n1cc(Cl)cn1. The minimum atomic E-state index is -0.421.